The van der Waals surface area contributed by atoms with E-state index < -0.39 is 0 Å². The van der Waals surface area contributed by atoms with Crippen LogP contribution in [0.4, 0.5) is 5.13 Å². The van der Waals surface area contributed by atoms with E-state index >= 15 is 0 Å². The van der Waals surface area contributed by atoms with E-state index in [1.54, 1.807) is 6.92 Å². The van der Waals surface area contributed by atoms with Gasteiger partial charge in [-0.25, -0.2) is 4.98 Å². The van der Waals surface area contributed by atoms with E-state index in [2.05, 4.69) is 27.4 Å². The Morgan fingerprint density at radius 1 is 1.45 bits per heavy atom. The van der Waals surface area contributed by atoms with Gasteiger partial charge >= 0.3 is 0 Å². The van der Waals surface area contributed by atoms with Gasteiger partial charge in [-0.1, -0.05) is 18.3 Å². The zero-order valence-electron chi connectivity index (χ0n) is 11.7. The fraction of sp³-hybridized carbons (Fsp3) is 0.500. The molecule has 0 saturated carbocycles. The van der Waals surface area contributed by atoms with Crippen LogP contribution in [0.2, 0.25) is 0 Å². The molecule has 0 radical (unpaired) electrons. The van der Waals surface area contributed by atoms with Gasteiger partial charge in [0, 0.05) is 18.3 Å². The molecule has 0 aliphatic carbocycles. The van der Waals surface area contributed by atoms with Gasteiger partial charge in [-0.05, 0) is 13.3 Å². The average Bonchev–Trinajstić information content (AvgIpc) is 2.86. The molecule has 8 heteroatoms. The molecule has 0 saturated heterocycles. The second kappa shape index (κ2) is 6.47. The number of nitrogens with one attached hydrogen (secondary N) is 1. The van der Waals surface area contributed by atoms with Crippen LogP contribution < -0.4 is 15.6 Å². The first-order valence-electron chi connectivity index (χ1n) is 6.32. The first-order valence-corrected chi connectivity index (χ1v) is 7.14. The largest absolute Gasteiger partial charge is 0.468 e. The molecular formula is C12H17N5O2S. The van der Waals surface area contributed by atoms with E-state index in [-0.39, 0.29) is 11.6 Å². The van der Waals surface area contributed by atoms with Crippen LogP contribution in [0.3, 0.4) is 0 Å². The Labute approximate surface area is 120 Å². The number of rotatable bonds is 6. The van der Waals surface area contributed by atoms with Crippen molar-refractivity contribution in [3.8, 4) is 6.01 Å². The van der Waals surface area contributed by atoms with Gasteiger partial charge in [0.25, 0.3) is 11.6 Å². The molecule has 0 fully saturated rings. The van der Waals surface area contributed by atoms with Crippen LogP contribution in [0.5, 0.6) is 6.01 Å². The predicted octanol–water partition coefficient (Wildman–Crippen LogP) is 1.28. The Bertz CT molecular complexity index is 637. The van der Waals surface area contributed by atoms with Crippen LogP contribution in [0.15, 0.2) is 10.9 Å². The Morgan fingerprint density at radius 2 is 2.25 bits per heavy atom. The summed E-state index contributed by atoms with van der Waals surface area (Å²) in [5.41, 5.74) is 0.471. The number of aromatic nitrogens is 4. The van der Waals surface area contributed by atoms with E-state index in [0.717, 1.165) is 23.1 Å². The highest BCUT2D eigenvalue weighted by atomic mass is 32.1. The highest BCUT2D eigenvalue weighted by Crippen LogP contribution is 2.17. The van der Waals surface area contributed by atoms with Gasteiger partial charge in [0.2, 0.25) is 5.13 Å². The molecular weight excluding hydrogens is 278 g/mol. The molecule has 2 heterocycles. The minimum absolute atomic E-state index is 0.160. The first kappa shape index (κ1) is 14.4. The summed E-state index contributed by atoms with van der Waals surface area (Å²) in [4.78, 5) is 16.2. The number of anilines is 1. The molecule has 0 bridgehead atoms. The second-order valence-corrected chi connectivity index (χ2v) is 5.30. The van der Waals surface area contributed by atoms with Crippen LogP contribution in [0, 0.1) is 6.92 Å². The molecule has 20 heavy (non-hydrogen) atoms. The lowest BCUT2D eigenvalue weighted by Crippen LogP contribution is -2.23. The maximum Gasteiger partial charge on any atom is 0.299 e. The highest BCUT2D eigenvalue weighted by Gasteiger charge is 2.11. The molecule has 2 aromatic heterocycles. The molecule has 0 spiro atoms. The third-order valence-corrected chi connectivity index (χ3v) is 3.44. The number of hydrogen-bond acceptors (Lipinski definition) is 7. The summed E-state index contributed by atoms with van der Waals surface area (Å²) in [6, 6.07) is 1.76. The Morgan fingerprint density at radius 3 is 2.95 bits per heavy atom. The summed E-state index contributed by atoms with van der Waals surface area (Å²) >= 11 is 1.42. The van der Waals surface area contributed by atoms with Crippen LogP contribution in [0.25, 0.3) is 0 Å². The van der Waals surface area contributed by atoms with Gasteiger partial charge in [0.05, 0.1) is 13.7 Å². The van der Waals surface area contributed by atoms with Crippen molar-refractivity contribution in [1.29, 1.82) is 0 Å². The third kappa shape index (κ3) is 3.32. The number of methoxy groups -OCH3 is 1. The SMILES string of the molecule is CCCNc1nnc(Cn2c(OC)nc(C)cc2=O)s1. The molecule has 0 atom stereocenters. The minimum Gasteiger partial charge on any atom is -0.468 e. The van der Waals surface area contributed by atoms with Crippen LogP contribution in [-0.2, 0) is 6.54 Å². The van der Waals surface area contributed by atoms with E-state index in [1.165, 1.54) is 29.1 Å². The lowest BCUT2D eigenvalue weighted by atomic mass is 10.4. The summed E-state index contributed by atoms with van der Waals surface area (Å²) in [5, 5.41) is 12.8. The molecule has 0 unspecified atom stereocenters. The van der Waals surface area contributed by atoms with Crippen LogP contribution in [-0.4, -0.2) is 33.4 Å². The Hall–Kier alpha value is -1.96. The molecule has 0 aliphatic rings. The first-order chi connectivity index (χ1) is 9.63. The topological polar surface area (TPSA) is 81.9 Å². The summed E-state index contributed by atoms with van der Waals surface area (Å²) in [6.07, 6.45) is 1.02. The van der Waals surface area contributed by atoms with Crippen LogP contribution >= 0.6 is 11.3 Å². The molecule has 2 rings (SSSR count). The lowest BCUT2D eigenvalue weighted by Gasteiger charge is -2.08. The highest BCUT2D eigenvalue weighted by molar-refractivity contribution is 7.15. The minimum atomic E-state index is -0.160. The number of aryl methyl sites for hydroxylation is 1. The summed E-state index contributed by atoms with van der Waals surface area (Å²) < 4.78 is 6.59. The summed E-state index contributed by atoms with van der Waals surface area (Å²) in [5.74, 6) is 0. The van der Waals surface area contributed by atoms with E-state index in [9.17, 15) is 4.79 Å². The van der Waals surface area contributed by atoms with Gasteiger partial charge < -0.3 is 10.1 Å². The molecule has 1 N–H and O–H groups in total. The fourth-order valence-electron chi connectivity index (χ4n) is 1.65. The molecule has 2 aromatic rings. The van der Waals surface area contributed by atoms with Gasteiger partial charge in [-0.3, -0.25) is 9.36 Å². The summed E-state index contributed by atoms with van der Waals surface area (Å²) in [6.45, 7) is 4.99. The zero-order valence-corrected chi connectivity index (χ0v) is 12.5. The fourth-order valence-corrected chi connectivity index (χ4v) is 2.41. The van der Waals surface area contributed by atoms with Gasteiger partial charge in [-0.2, -0.15) is 0 Å². The maximum absolute atomic E-state index is 12.0. The van der Waals surface area contributed by atoms with Crippen molar-refractivity contribution in [3.05, 3.63) is 27.1 Å². The number of nitrogens with zero attached hydrogens (tertiary/aromatic N) is 4. The van der Waals surface area contributed by atoms with Gasteiger partial charge in [0.15, 0.2) is 0 Å². The van der Waals surface area contributed by atoms with Crippen molar-refractivity contribution in [3.63, 3.8) is 0 Å². The second-order valence-electron chi connectivity index (χ2n) is 4.24. The monoisotopic (exact) mass is 295 g/mol. The molecule has 7 nitrogen and oxygen atoms in total. The van der Waals surface area contributed by atoms with E-state index in [0.29, 0.717) is 12.2 Å². The smallest absolute Gasteiger partial charge is 0.299 e. The summed E-state index contributed by atoms with van der Waals surface area (Å²) in [7, 11) is 1.49. The standard InChI is InChI=1S/C12H17N5O2S/c1-4-5-13-11-16-15-9(20-11)7-17-10(18)6-8(2)14-12(17)19-3/h6H,4-5,7H2,1-3H3,(H,13,16). The number of ether oxygens (including phenoxy) is 1. The predicted molar refractivity (Wildman–Crippen MR) is 77.6 cm³/mol. The van der Waals surface area contributed by atoms with E-state index in [4.69, 9.17) is 4.74 Å². The quantitative estimate of drug-likeness (QED) is 0.864. The van der Waals surface area contributed by atoms with Crippen molar-refractivity contribution in [1.82, 2.24) is 19.7 Å². The zero-order chi connectivity index (χ0) is 14.5. The third-order valence-electron chi connectivity index (χ3n) is 2.57. The molecule has 108 valence electrons. The molecule has 0 amide bonds. The van der Waals surface area contributed by atoms with Gasteiger partial charge in [-0.15, -0.1) is 10.2 Å². The molecule has 0 aromatic carbocycles. The normalized spacial score (nSPS) is 10.6. The lowest BCUT2D eigenvalue weighted by molar-refractivity contribution is 0.349. The van der Waals surface area contributed by atoms with Gasteiger partial charge in [0.1, 0.15) is 5.01 Å². The average molecular weight is 295 g/mol. The van der Waals surface area contributed by atoms with E-state index in [1.807, 2.05) is 0 Å². The van der Waals surface area contributed by atoms with Crippen molar-refractivity contribution in [2.75, 3.05) is 19.0 Å². The van der Waals surface area contributed by atoms with Crippen LogP contribution in [0.1, 0.15) is 24.0 Å². The number of hydrogen-bond donors (Lipinski definition) is 1. The van der Waals surface area contributed by atoms with Crippen molar-refractivity contribution < 1.29 is 4.74 Å². The van der Waals surface area contributed by atoms with Crippen molar-refractivity contribution in [2.45, 2.75) is 26.8 Å². The van der Waals surface area contributed by atoms with Crippen molar-refractivity contribution in [2.24, 2.45) is 0 Å². The maximum atomic E-state index is 12.0. The molecule has 0 aliphatic heterocycles. The Kier molecular flexibility index (Phi) is 4.67. The Balaban J connectivity index is 2.21. The van der Waals surface area contributed by atoms with Crippen molar-refractivity contribution >= 4 is 16.5 Å².